The largest absolute Gasteiger partial charge is 0.350 e. The third-order valence-corrected chi connectivity index (χ3v) is 4.90. The van der Waals surface area contributed by atoms with Crippen LogP contribution in [0.3, 0.4) is 0 Å². The van der Waals surface area contributed by atoms with Crippen LogP contribution < -0.4 is 5.32 Å². The molecule has 1 rings (SSSR count). The average Bonchev–Trinajstić information content (AvgIpc) is 2.70. The third-order valence-electron chi connectivity index (χ3n) is 2.64. The number of hydrogen-bond donors (Lipinski definition) is 1. The van der Waals surface area contributed by atoms with E-state index in [-0.39, 0.29) is 18.2 Å². The summed E-state index contributed by atoms with van der Waals surface area (Å²) in [4.78, 5) is 11.9. The molecule has 19 heavy (non-hydrogen) atoms. The molecule has 0 aromatic carbocycles. The fraction of sp³-hybridized carbons (Fsp3) is 0.545. The van der Waals surface area contributed by atoms with Crippen molar-refractivity contribution in [3.05, 3.63) is 22.4 Å². The van der Waals surface area contributed by atoms with E-state index in [4.69, 9.17) is 0 Å². The van der Waals surface area contributed by atoms with E-state index >= 15 is 0 Å². The number of hydrogen-bond acceptors (Lipinski definition) is 3. The van der Waals surface area contributed by atoms with E-state index in [0.717, 1.165) is 8.78 Å². The van der Waals surface area contributed by atoms with E-state index in [9.17, 15) is 13.2 Å². The van der Waals surface area contributed by atoms with Crippen molar-refractivity contribution in [1.29, 1.82) is 0 Å². The molecule has 0 saturated heterocycles. The van der Waals surface area contributed by atoms with Gasteiger partial charge in [0.15, 0.2) is 0 Å². The van der Waals surface area contributed by atoms with Gasteiger partial charge in [-0.25, -0.2) is 12.7 Å². The van der Waals surface area contributed by atoms with Gasteiger partial charge in [0, 0.05) is 37.9 Å². The molecule has 0 spiro atoms. The smallest absolute Gasteiger partial charge is 0.267 e. The molecule has 0 aliphatic carbocycles. The first-order valence-electron chi connectivity index (χ1n) is 5.82. The minimum atomic E-state index is -3.28. The summed E-state index contributed by atoms with van der Waals surface area (Å²) in [5, 5.41) is 2.61. The first kappa shape index (κ1) is 16.2. The van der Waals surface area contributed by atoms with E-state index in [2.05, 4.69) is 21.2 Å². The van der Waals surface area contributed by atoms with Gasteiger partial charge in [-0.05, 0) is 28.9 Å². The number of aryl methyl sites for hydroxylation is 1. The Balaban J connectivity index is 2.61. The van der Waals surface area contributed by atoms with E-state index < -0.39 is 10.0 Å². The van der Waals surface area contributed by atoms with Gasteiger partial charge >= 0.3 is 0 Å². The van der Waals surface area contributed by atoms with Crippen LogP contribution in [0.4, 0.5) is 0 Å². The zero-order valence-corrected chi connectivity index (χ0v) is 13.6. The van der Waals surface area contributed by atoms with Crippen molar-refractivity contribution in [3.63, 3.8) is 0 Å². The molecule has 1 N–H and O–H groups in total. The highest BCUT2D eigenvalue weighted by atomic mass is 79.9. The number of carbonyl (C=O) groups is 1. The summed E-state index contributed by atoms with van der Waals surface area (Å²) < 4.78 is 26.8. The van der Waals surface area contributed by atoms with Crippen molar-refractivity contribution >= 4 is 31.9 Å². The summed E-state index contributed by atoms with van der Waals surface area (Å²) in [5.74, 6) is -0.388. The van der Waals surface area contributed by atoms with Crippen molar-refractivity contribution < 1.29 is 13.2 Å². The molecule has 6 nitrogen and oxygen atoms in total. The molecule has 8 heteroatoms. The lowest BCUT2D eigenvalue weighted by Gasteiger charge is -2.12. The van der Waals surface area contributed by atoms with Crippen molar-refractivity contribution in [2.45, 2.75) is 13.5 Å². The predicted molar refractivity (Wildman–Crippen MR) is 77.6 cm³/mol. The Labute approximate surface area is 122 Å². The second-order valence-electron chi connectivity index (χ2n) is 4.18. The zero-order valence-electron chi connectivity index (χ0n) is 11.2. The lowest BCUT2D eigenvalue weighted by molar-refractivity contribution is 0.0947. The van der Waals surface area contributed by atoms with Crippen LogP contribution in [-0.4, -0.2) is 49.6 Å². The molecule has 0 aliphatic rings. The molecule has 0 saturated carbocycles. The predicted octanol–water partition coefficient (Wildman–Crippen LogP) is 0.892. The number of sulfonamides is 1. The molecule has 108 valence electrons. The van der Waals surface area contributed by atoms with Crippen LogP contribution in [0.15, 0.2) is 16.7 Å². The first-order chi connectivity index (χ1) is 8.77. The second-order valence-corrected chi connectivity index (χ2v) is 7.40. The third kappa shape index (κ3) is 4.32. The number of amides is 1. The minimum Gasteiger partial charge on any atom is -0.350 e. The molecule has 1 aromatic heterocycles. The molecule has 1 aromatic rings. The Hall–Kier alpha value is -0.860. The fourth-order valence-corrected chi connectivity index (χ4v) is 2.68. The van der Waals surface area contributed by atoms with Gasteiger partial charge in [0.05, 0.1) is 5.75 Å². The molecule has 0 unspecified atom stereocenters. The van der Waals surface area contributed by atoms with Crippen LogP contribution in [0.5, 0.6) is 0 Å². The first-order valence-corrected chi connectivity index (χ1v) is 8.22. The van der Waals surface area contributed by atoms with Crippen LogP contribution in [0.1, 0.15) is 17.4 Å². The Morgan fingerprint density at radius 3 is 2.63 bits per heavy atom. The Morgan fingerprint density at radius 2 is 2.11 bits per heavy atom. The molecule has 0 radical (unpaired) electrons. The van der Waals surface area contributed by atoms with Crippen molar-refractivity contribution in [3.8, 4) is 0 Å². The molecule has 0 fully saturated rings. The SMILES string of the molecule is CCn1cc(Br)cc1C(=O)NCCS(=O)(=O)N(C)C. The highest BCUT2D eigenvalue weighted by Crippen LogP contribution is 2.14. The number of carbonyl (C=O) groups excluding carboxylic acids is 1. The van der Waals surface area contributed by atoms with Crippen LogP contribution in [0.25, 0.3) is 0 Å². The Kier molecular flexibility index (Phi) is 5.57. The molecule has 1 amide bonds. The van der Waals surface area contributed by atoms with Crippen molar-refractivity contribution in [1.82, 2.24) is 14.2 Å². The highest BCUT2D eigenvalue weighted by molar-refractivity contribution is 9.10. The normalized spacial score (nSPS) is 11.8. The van der Waals surface area contributed by atoms with Gasteiger partial charge in [-0.1, -0.05) is 0 Å². The van der Waals surface area contributed by atoms with Gasteiger partial charge in [-0.2, -0.15) is 0 Å². The zero-order chi connectivity index (χ0) is 14.6. The topological polar surface area (TPSA) is 71.4 Å². The van der Waals surface area contributed by atoms with Crippen LogP contribution in [0.2, 0.25) is 0 Å². The van der Waals surface area contributed by atoms with Gasteiger partial charge < -0.3 is 9.88 Å². The minimum absolute atomic E-state index is 0.0891. The maximum atomic E-state index is 11.9. The van der Waals surface area contributed by atoms with Crippen molar-refractivity contribution in [2.75, 3.05) is 26.4 Å². The molecule has 0 atom stereocenters. The Morgan fingerprint density at radius 1 is 1.47 bits per heavy atom. The summed E-state index contributed by atoms with van der Waals surface area (Å²) in [6.45, 7) is 2.69. The number of aromatic nitrogens is 1. The number of nitrogens with one attached hydrogen (secondary N) is 1. The molecule has 0 bridgehead atoms. The molecule has 1 heterocycles. The standard InChI is InChI=1S/C11H18BrN3O3S/c1-4-15-8-9(12)7-10(15)11(16)13-5-6-19(17,18)14(2)3/h7-8H,4-6H2,1-3H3,(H,13,16). The quantitative estimate of drug-likeness (QED) is 0.827. The van der Waals surface area contributed by atoms with Crippen molar-refractivity contribution in [2.24, 2.45) is 0 Å². The number of rotatable bonds is 6. The lowest BCUT2D eigenvalue weighted by atomic mass is 10.4. The van der Waals surface area contributed by atoms with Crippen LogP contribution >= 0.6 is 15.9 Å². The number of halogens is 1. The van der Waals surface area contributed by atoms with Gasteiger partial charge in [0.25, 0.3) is 5.91 Å². The van der Waals surface area contributed by atoms with Gasteiger partial charge in [0.2, 0.25) is 10.0 Å². The maximum absolute atomic E-state index is 11.9. The highest BCUT2D eigenvalue weighted by Gasteiger charge is 2.16. The summed E-state index contributed by atoms with van der Waals surface area (Å²) in [6, 6.07) is 1.71. The maximum Gasteiger partial charge on any atom is 0.267 e. The molecule has 0 aliphatic heterocycles. The molecular weight excluding hydrogens is 334 g/mol. The summed E-state index contributed by atoms with van der Waals surface area (Å²) in [7, 11) is -0.346. The van der Waals surface area contributed by atoms with Gasteiger partial charge in [0.1, 0.15) is 5.69 Å². The van der Waals surface area contributed by atoms with E-state index in [1.54, 1.807) is 10.6 Å². The lowest BCUT2D eigenvalue weighted by Crippen LogP contribution is -2.34. The van der Waals surface area contributed by atoms with Gasteiger partial charge in [-0.15, -0.1) is 0 Å². The monoisotopic (exact) mass is 351 g/mol. The van der Waals surface area contributed by atoms with E-state index in [1.807, 2.05) is 13.1 Å². The average molecular weight is 352 g/mol. The summed E-state index contributed by atoms with van der Waals surface area (Å²) in [5.41, 5.74) is 0.511. The Bertz CT molecular complexity index is 552. The van der Waals surface area contributed by atoms with Crippen LogP contribution in [0, 0.1) is 0 Å². The second kappa shape index (κ2) is 6.53. The summed E-state index contributed by atoms with van der Waals surface area (Å²) in [6.07, 6.45) is 1.81. The van der Waals surface area contributed by atoms with Gasteiger partial charge in [-0.3, -0.25) is 4.79 Å². The fourth-order valence-electron chi connectivity index (χ4n) is 1.49. The van der Waals surface area contributed by atoms with Crippen LogP contribution in [-0.2, 0) is 16.6 Å². The van der Waals surface area contributed by atoms with E-state index in [0.29, 0.717) is 12.2 Å². The molecular formula is C11H18BrN3O3S. The number of nitrogens with zero attached hydrogens (tertiary/aromatic N) is 2. The summed E-state index contributed by atoms with van der Waals surface area (Å²) >= 11 is 3.31. The van der Waals surface area contributed by atoms with E-state index in [1.165, 1.54) is 14.1 Å².